The largest absolute Gasteiger partial charge is 0.371 e. The maximum atomic E-state index is 12.4. The van der Waals surface area contributed by atoms with Crippen molar-refractivity contribution in [1.82, 2.24) is 15.2 Å². The first-order valence-electron chi connectivity index (χ1n) is 8.25. The molecule has 1 saturated carbocycles. The number of ether oxygens (including phenoxy) is 1. The van der Waals surface area contributed by atoms with E-state index < -0.39 is 0 Å². The van der Waals surface area contributed by atoms with Crippen LogP contribution in [0.25, 0.3) is 0 Å². The lowest BCUT2D eigenvalue weighted by Gasteiger charge is -2.40. The van der Waals surface area contributed by atoms with Gasteiger partial charge in [0, 0.05) is 25.5 Å². The van der Waals surface area contributed by atoms with Crippen molar-refractivity contribution in [2.75, 3.05) is 26.2 Å². The van der Waals surface area contributed by atoms with E-state index in [0.717, 1.165) is 19.4 Å². The summed E-state index contributed by atoms with van der Waals surface area (Å²) in [7, 11) is 0. The standard InChI is InChI=1S/C17H25N3O2/c1-14(15-4-8-18-9-5-15)12-19-16(21)20-10-11-22-17(13-20)6-2-3-7-17/h4-5,8-9,14H,2-3,6-7,10-13H2,1H3,(H,19,21)/t14-/m1/s1. The van der Waals surface area contributed by atoms with Crippen LogP contribution >= 0.6 is 0 Å². The lowest BCUT2D eigenvalue weighted by Crippen LogP contribution is -2.55. The van der Waals surface area contributed by atoms with Crippen molar-refractivity contribution < 1.29 is 9.53 Å². The summed E-state index contributed by atoms with van der Waals surface area (Å²) in [4.78, 5) is 18.4. The Kier molecular flexibility index (Phi) is 4.62. The van der Waals surface area contributed by atoms with Crippen LogP contribution in [-0.4, -0.2) is 47.8 Å². The number of hydrogen-bond donors (Lipinski definition) is 1. The average molecular weight is 303 g/mol. The molecular weight excluding hydrogens is 278 g/mol. The summed E-state index contributed by atoms with van der Waals surface area (Å²) < 4.78 is 5.97. The summed E-state index contributed by atoms with van der Waals surface area (Å²) in [6.45, 7) is 4.85. The number of morpholine rings is 1. The summed E-state index contributed by atoms with van der Waals surface area (Å²) in [6, 6.07) is 4.04. The number of aromatic nitrogens is 1. The van der Waals surface area contributed by atoms with Crippen LogP contribution in [0, 0.1) is 0 Å². The molecule has 22 heavy (non-hydrogen) atoms. The monoisotopic (exact) mass is 303 g/mol. The molecule has 2 heterocycles. The summed E-state index contributed by atoms with van der Waals surface area (Å²) >= 11 is 0. The predicted molar refractivity (Wildman–Crippen MR) is 84.8 cm³/mol. The third kappa shape index (κ3) is 3.40. The highest BCUT2D eigenvalue weighted by molar-refractivity contribution is 5.74. The fourth-order valence-electron chi connectivity index (χ4n) is 3.50. The van der Waals surface area contributed by atoms with Gasteiger partial charge in [-0.3, -0.25) is 4.98 Å². The molecule has 2 amide bonds. The minimum Gasteiger partial charge on any atom is -0.371 e. The number of hydrogen-bond acceptors (Lipinski definition) is 3. The van der Waals surface area contributed by atoms with E-state index in [2.05, 4.69) is 17.2 Å². The molecule has 1 spiro atoms. The molecule has 1 aliphatic carbocycles. The Morgan fingerprint density at radius 2 is 2.14 bits per heavy atom. The Morgan fingerprint density at radius 3 is 2.86 bits per heavy atom. The van der Waals surface area contributed by atoms with Crippen molar-refractivity contribution in [3.63, 3.8) is 0 Å². The maximum Gasteiger partial charge on any atom is 0.317 e. The first-order chi connectivity index (χ1) is 10.7. The number of nitrogens with zero attached hydrogens (tertiary/aromatic N) is 2. The molecule has 1 saturated heterocycles. The molecule has 3 rings (SSSR count). The molecule has 5 nitrogen and oxygen atoms in total. The number of urea groups is 1. The molecule has 0 unspecified atom stereocenters. The van der Waals surface area contributed by atoms with Crippen LogP contribution in [0.3, 0.4) is 0 Å². The third-order valence-electron chi connectivity index (χ3n) is 4.89. The quantitative estimate of drug-likeness (QED) is 0.933. The molecule has 1 N–H and O–H groups in total. The van der Waals surface area contributed by atoms with E-state index in [1.54, 1.807) is 12.4 Å². The third-order valence-corrected chi connectivity index (χ3v) is 4.89. The van der Waals surface area contributed by atoms with Crippen LogP contribution in [0.5, 0.6) is 0 Å². The number of carbonyl (C=O) groups excluding carboxylic acids is 1. The fourth-order valence-corrected chi connectivity index (χ4v) is 3.50. The summed E-state index contributed by atoms with van der Waals surface area (Å²) in [6.07, 6.45) is 8.19. The van der Waals surface area contributed by atoms with Gasteiger partial charge < -0.3 is 15.0 Å². The first-order valence-corrected chi connectivity index (χ1v) is 8.25. The molecule has 0 aromatic carbocycles. The SMILES string of the molecule is C[C@H](CNC(=O)N1CCOC2(CCCC2)C1)c1ccncc1. The van der Waals surface area contributed by atoms with Crippen LogP contribution in [-0.2, 0) is 4.74 Å². The second-order valence-corrected chi connectivity index (χ2v) is 6.53. The summed E-state index contributed by atoms with van der Waals surface area (Å²) in [5.74, 6) is 0.286. The number of amides is 2. The van der Waals surface area contributed by atoms with Crippen LogP contribution in [0.15, 0.2) is 24.5 Å². The smallest absolute Gasteiger partial charge is 0.317 e. The van der Waals surface area contributed by atoms with E-state index in [9.17, 15) is 4.79 Å². The number of nitrogens with one attached hydrogen (secondary N) is 1. The van der Waals surface area contributed by atoms with Crippen molar-refractivity contribution in [3.05, 3.63) is 30.1 Å². The van der Waals surface area contributed by atoms with Crippen molar-refractivity contribution in [2.24, 2.45) is 0 Å². The summed E-state index contributed by atoms with van der Waals surface area (Å²) in [5.41, 5.74) is 1.14. The molecule has 5 heteroatoms. The second-order valence-electron chi connectivity index (χ2n) is 6.53. The van der Waals surface area contributed by atoms with Gasteiger partial charge in [0.25, 0.3) is 0 Å². The van der Waals surface area contributed by atoms with Crippen molar-refractivity contribution in [3.8, 4) is 0 Å². The minimum atomic E-state index is -0.0632. The van der Waals surface area contributed by atoms with Gasteiger partial charge in [0.1, 0.15) is 0 Å². The Balaban J connectivity index is 1.51. The van der Waals surface area contributed by atoms with E-state index in [4.69, 9.17) is 4.74 Å². The number of carbonyl (C=O) groups is 1. The molecule has 1 aliphatic heterocycles. The molecule has 120 valence electrons. The molecule has 2 fully saturated rings. The molecule has 0 radical (unpaired) electrons. The van der Waals surface area contributed by atoms with Gasteiger partial charge in [-0.2, -0.15) is 0 Å². The number of rotatable bonds is 3. The van der Waals surface area contributed by atoms with Crippen molar-refractivity contribution >= 4 is 6.03 Å². The van der Waals surface area contributed by atoms with E-state index in [1.807, 2.05) is 17.0 Å². The normalized spacial score (nSPS) is 21.8. The van der Waals surface area contributed by atoms with Crippen molar-refractivity contribution in [2.45, 2.75) is 44.1 Å². The van der Waals surface area contributed by atoms with Gasteiger partial charge in [-0.15, -0.1) is 0 Å². The van der Waals surface area contributed by atoms with Gasteiger partial charge in [-0.25, -0.2) is 4.79 Å². The zero-order valence-corrected chi connectivity index (χ0v) is 13.3. The van der Waals surface area contributed by atoms with E-state index in [1.165, 1.54) is 18.4 Å². The Bertz CT molecular complexity index is 500. The highest BCUT2D eigenvalue weighted by Gasteiger charge is 2.40. The molecule has 0 bridgehead atoms. The lowest BCUT2D eigenvalue weighted by molar-refractivity contribution is -0.0925. The van der Waals surface area contributed by atoms with Crippen LogP contribution < -0.4 is 5.32 Å². The van der Waals surface area contributed by atoms with Crippen LogP contribution in [0.1, 0.15) is 44.1 Å². The first kappa shape index (κ1) is 15.3. The molecule has 1 atom stereocenters. The molecule has 2 aliphatic rings. The van der Waals surface area contributed by atoms with E-state index in [0.29, 0.717) is 19.7 Å². The van der Waals surface area contributed by atoms with Gasteiger partial charge >= 0.3 is 6.03 Å². The highest BCUT2D eigenvalue weighted by atomic mass is 16.5. The van der Waals surface area contributed by atoms with E-state index >= 15 is 0 Å². The average Bonchev–Trinajstić information content (AvgIpc) is 3.00. The van der Waals surface area contributed by atoms with Crippen molar-refractivity contribution in [1.29, 1.82) is 0 Å². The van der Waals surface area contributed by atoms with Gasteiger partial charge in [-0.1, -0.05) is 19.8 Å². The minimum absolute atomic E-state index is 0.0375. The maximum absolute atomic E-state index is 12.4. The zero-order chi connectivity index (χ0) is 15.4. The van der Waals surface area contributed by atoms with E-state index in [-0.39, 0.29) is 17.6 Å². The van der Waals surface area contributed by atoms with Gasteiger partial charge in [0.05, 0.1) is 18.8 Å². The van der Waals surface area contributed by atoms with Crippen LogP contribution in [0.2, 0.25) is 0 Å². The highest BCUT2D eigenvalue weighted by Crippen LogP contribution is 2.35. The van der Waals surface area contributed by atoms with Gasteiger partial charge in [0.2, 0.25) is 0 Å². The molecular formula is C17H25N3O2. The van der Waals surface area contributed by atoms with Crippen LogP contribution in [0.4, 0.5) is 4.79 Å². The topological polar surface area (TPSA) is 54.5 Å². The lowest BCUT2D eigenvalue weighted by atomic mass is 10.00. The van der Waals surface area contributed by atoms with Gasteiger partial charge in [-0.05, 0) is 36.5 Å². The predicted octanol–water partition coefficient (Wildman–Crippen LogP) is 2.54. The van der Waals surface area contributed by atoms with Gasteiger partial charge in [0.15, 0.2) is 0 Å². The Hall–Kier alpha value is -1.62. The Morgan fingerprint density at radius 1 is 1.41 bits per heavy atom. The second kappa shape index (κ2) is 6.65. The molecule has 1 aromatic rings. The summed E-state index contributed by atoms with van der Waals surface area (Å²) in [5, 5.41) is 3.07. The fraction of sp³-hybridized carbons (Fsp3) is 0.647. The Labute approximate surface area is 132 Å². The number of pyridine rings is 1. The molecule has 1 aromatic heterocycles. The zero-order valence-electron chi connectivity index (χ0n) is 13.3.